The van der Waals surface area contributed by atoms with Crippen molar-refractivity contribution in [1.29, 1.82) is 5.26 Å². The van der Waals surface area contributed by atoms with Crippen LogP contribution < -0.4 is 0 Å². The molecular formula is C25H30N4O2. The third-order valence-corrected chi connectivity index (χ3v) is 6.74. The van der Waals surface area contributed by atoms with Gasteiger partial charge in [0.1, 0.15) is 0 Å². The molecule has 1 aliphatic carbocycles. The van der Waals surface area contributed by atoms with Gasteiger partial charge in [-0.3, -0.25) is 14.5 Å². The second-order valence-electron chi connectivity index (χ2n) is 8.78. The van der Waals surface area contributed by atoms with Crippen LogP contribution in [-0.2, 0) is 0 Å². The van der Waals surface area contributed by atoms with E-state index in [1.165, 1.54) is 31.4 Å². The van der Waals surface area contributed by atoms with E-state index in [1.54, 1.807) is 24.3 Å². The maximum atomic E-state index is 13.1. The summed E-state index contributed by atoms with van der Waals surface area (Å²) >= 11 is 0. The van der Waals surface area contributed by atoms with E-state index in [0.29, 0.717) is 49.9 Å². The fourth-order valence-corrected chi connectivity index (χ4v) is 5.09. The van der Waals surface area contributed by atoms with Crippen LogP contribution in [0.25, 0.3) is 0 Å². The average Bonchev–Trinajstić information content (AvgIpc) is 3.41. The zero-order valence-corrected chi connectivity index (χ0v) is 18.4. The number of aryl methyl sites for hydroxylation is 1. The van der Waals surface area contributed by atoms with Crippen LogP contribution in [0.15, 0.2) is 30.3 Å². The Bertz CT molecular complexity index is 1020. The highest BCUT2D eigenvalue weighted by Gasteiger charge is 2.27. The molecule has 0 N–H and O–H groups in total. The number of hydrogen-bond acceptors (Lipinski definition) is 4. The molecule has 0 unspecified atom stereocenters. The Hall–Kier alpha value is -2.91. The standard InChI is InChI=1S/C25H30N4O2/c1-18-14-23(19(2)29(18)22-8-3-4-9-22)24(30)17-27-10-12-28(13-11-27)25(31)21-7-5-6-20(15-21)16-26/h5-7,14-15,22H,3-4,8-13,17H2,1-2H3. The highest BCUT2D eigenvalue weighted by Crippen LogP contribution is 2.33. The third kappa shape index (κ3) is 4.42. The topological polar surface area (TPSA) is 69.3 Å². The lowest BCUT2D eigenvalue weighted by Crippen LogP contribution is -2.49. The fourth-order valence-electron chi connectivity index (χ4n) is 5.09. The van der Waals surface area contributed by atoms with E-state index in [4.69, 9.17) is 5.26 Å². The van der Waals surface area contributed by atoms with Crippen LogP contribution in [0.3, 0.4) is 0 Å². The van der Waals surface area contributed by atoms with Gasteiger partial charge in [-0.2, -0.15) is 5.26 Å². The van der Waals surface area contributed by atoms with Crippen LogP contribution in [-0.4, -0.2) is 58.8 Å². The number of piperazine rings is 1. The predicted octanol–water partition coefficient (Wildman–Crippen LogP) is 3.73. The second-order valence-corrected chi connectivity index (χ2v) is 8.78. The van der Waals surface area contributed by atoms with Crippen molar-refractivity contribution in [3.8, 4) is 6.07 Å². The van der Waals surface area contributed by atoms with E-state index >= 15 is 0 Å². The van der Waals surface area contributed by atoms with Crippen molar-refractivity contribution in [1.82, 2.24) is 14.4 Å². The van der Waals surface area contributed by atoms with Crippen molar-refractivity contribution in [2.45, 2.75) is 45.6 Å². The Morgan fingerprint density at radius 1 is 1.06 bits per heavy atom. The van der Waals surface area contributed by atoms with Gasteiger partial charge in [0, 0.05) is 54.7 Å². The smallest absolute Gasteiger partial charge is 0.253 e. The van der Waals surface area contributed by atoms with Gasteiger partial charge < -0.3 is 9.47 Å². The molecule has 0 spiro atoms. The van der Waals surface area contributed by atoms with E-state index in [9.17, 15) is 9.59 Å². The first kappa shape index (κ1) is 21.3. The molecule has 6 heteroatoms. The Balaban J connectivity index is 1.36. The number of nitriles is 1. The highest BCUT2D eigenvalue weighted by atomic mass is 16.2. The van der Waals surface area contributed by atoms with Crippen molar-refractivity contribution in [3.63, 3.8) is 0 Å². The normalized spacial score (nSPS) is 17.6. The maximum Gasteiger partial charge on any atom is 0.253 e. The maximum absolute atomic E-state index is 13.1. The molecule has 1 saturated carbocycles. The fraction of sp³-hybridized carbons (Fsp3) is 0.480. The highest BCUT2D eigenvalue weighted by molar-refractivity contribution is 5.99. The number of aromatic nitrogens is 1. The lowest BCUT2D eigenvalue weighted by molar-refractivity contribution is 0.0624. The molecule has 1 aromatic heterocycles. The Morgan fingerprint density at radius 2 is 1.77 bits per heavy atom. The number of benzene rings is 1. The number of carbonyl (C=O) groups excluding carboxylic acids is 2. The molecule has 2 aliphatic rings. The summed E-state index contributed by atoms with van der Waals surface area (Å²) in [4.78, 5) is 29.8. The van der Waals surface area contributed by atoms with Gasteiger partial charge in [0.25, 0.3) is 5.91 Å². The molecule has 1 aromatic carbocycles. The molecule has 4 rings (SSSR count). The second kappa shape index (κ2) is 9.07. The summed E-state index contributed by atoms with van der Waals surface area (Å²) in [6, 6.07) is 11.5. The number of amides is 1. The van der Waals surface area contributed by atoms with Gasteiger partial charge in [0.15, 0.2) is 5.78 Å². The van der Waals surface area contributed by atoms with Crippen LogP contribution in [0.2, 0.25) is 0 Å². The summed E-state index contributed by atoms with van der Waals surface area (Å²) in [5, 5.41) is 9.05. The summed E-state index contributed by atoms with van der Waals surface area (Å²) in [6.45, 7) is 7.10. The van der Waals surface area contributed by atoms with Gasteiger partial charge >= 0.3 is 0 Å². The summed E-state index contributed by atoms with van der Waals surface area (Å²) < 4.78 is 2.37. The third-order valence-electron chi connectivity index (χ3n) is 6.74. The van der Waals surface area contributed by atoms with Gasteiger partial charge in [0.05, 0.1) is 18.2 Å². The van der Waals surface area contributed by atoms with E-state index in [-0.39, 0.29) is 11.7 Å². The number of hydrogen-bond donors (Lipinski definition) is 0. The molecule has 162 valence electrons. The van der Waals surface area contributed by atoms with Crippen molar-refractivity contribution in [3.05, 3.63) is 58.4 Å². The first-order valence-electron chi connectivity index (χ1n) is 11.2. The predicted molar refractivity (Wildman–Crippen MR) is 119 cm³/mol. The SMILES string of the molecule is Cc1cc(C(=O)CN2CCN(C(=O)c3cccc(C#N)c3)CC2)c(C)n1C1CCCC1. The van der Waals surface area contributed by atoms with Crippen molar-refractivity contribution < 1.29 is 9.59 Å². The van der Waals surface area contributed by atoms with Crippen LogP contribution >= 0.6 is 0 Å². The van der Waals surface area contributed by atoms with E-state index < -0.39 is 0 Å². The molecule has 2 fully saturated rings. The minimum atomic E-state index is -0.0526. The molecule has 31 heavy (non-hydrogen) atoms. The average molecular weight is 419 g/mol. The molecular weight excluding hydrogens is 388 g/mol. The van der Waals surface area contributed by atoms with Gasteiger partial charge in [-0.15, -0.1) is 0 Å². The summed E-state index contributed by atoms with van der Waals surface area (Å²) in [7, 11) is 0. The van der Waals surface area contributed by atoms with Crippen molar-refractivity contribution in [2.24, 2.45) is 0 Å². The summed E-state index contributed by atoms with van der Waals surface area (Å²) in [5.41, 5.74) is 4.16. The summed E-state index contributed by atoms with van der Waals surface area (Å²) in [5.74, 6) is 0.113. The first-order chi connectivity index (χ1) is 15.0. The lowest BCUT2D eigenvalue weighted by Gasteiger charge is -2.34. The van der Waals surface area contributed by atoms with Crippen LogP contribution in [0.1, 0.15) is 69.4 Å². The van der Waals surface area contributed by atoms with Gasteiger partial charge in [-0.1, -0.05) is 18.9 Å². The largest absolute Gasteiger partial charge is 0.345 e. The van der Waals surface area contributed by atoms with E-state index in [2.05, 4.69) is 35.5 Å². The zero-order valence-electron chi connectivity index (χ0n) is 18.4. The number of ketones is 1. The molecule has 6 nitrogen and oxygen atoms in total. The molecule has 1 aliphatic heterocycles. The van der Waals surface area contributed by atoms with Crippen LogP contribution in [0.5, 0.6) is 0 Å². The number of rotatable bonds is 5. The van der Waals surface area contributed by atoms with Gasteiger partial charge in [-0.25, -0.2) is 0 Å². The lowest BCUT2D eigenvalue weighted by atomic mass is 10.1. The Morgan fingerprint density at radius 3 is 2.45 bits per heavy atom. The number of Topliss-reactive ketones (excluding diaryl/α,β-unsaturated/α-hetero) is 1. The van der Waals surface area contributed by atoms with E-state index in [1.807, 2.05) is 4.90 Å². The number of carbonyl (C=O) groups is 2. The molecule has 2 aromatic rings. The van der Waals surface area contributed by atoms with Gasteiger partial charge in [-0.05, 0) is 51.0 Å². The molecule has 0 bridgehead atoms. The van der Waals surface area contributed by atoms with Crippen LogP contribution in [0, 0.1) is 25.2 Å². The van der Waals surface area contributed by atoms with Crippen molar-refractivity contribution in [2.75, 3.05) is 32.7 Å². The Kier molecular flexibility index (Phi) is 6.24. The first-order valence-corrected chi connectivity index (χ1v) is 11.2. The Labute approximate surface area is 184 Å². The molecule has 0 atom stereocenters. The summed E-state index contributed by atoms with van der Waals surface area (Å²) in [6.07, 6.45) is 4.96. The van der Waals surface area contributed by atoms with Gasteiger partial charge in [0.2, 0.25) is 0 Å². The van der Waals surface area contributed by atoms with Crippen molar-refractivity contribution >= 4 is 11.7 Å². The minimum Gasteiger partial charge on any atom is -0.345 e. The van der Waals surface area contributed by atoms with Crippen LogP contribution in [0.4, 0.5) is 0 Å². The quantitative estimate of drug-likeness (QED) is 0.694. The molecule has 0 radical (unpaired) electrons. The zero-order chi connectivity index (χ0) is 22.0. The monoisotopic (exact) mass is 418 g/mol. The molecule has 1 amide bonds. The number of nitrogens with zero attached hydrogens (tertiary/aromatic N) is 4. The molecule has 2 heterocycles. The van der Waals surface area contributed by atoms with E-state index in [0.717, 1.165) is 11.3 Å². The minimum absolute atomic E-state index is 0.0526. The molecule has 1 saturated heterocycles.